The van der Waals surface area contributed by atoms with Gasteiger partial charge in [-0.15, -0.1) is 0 Å². The monoisotopic (exact) mass is 349 g/mol. The van der Waals surface area contributed by atoms with E-state index in [0.717, 1.165) is 16.8 Å². The van der Waals surface area contributed by atoms with Crippen LogP contribution in [0, 0.1) is 5.82 Å². The number of carbonyl (C=O) groups is 1. The third-order valence-electron chi connectivity index (χ3n) is 4.14. The molecular formula is C21H20FN3O. The molecular weight excluding hydrogens is 329 g/mol. The molecule has 1 aromatic heterocycles. The van der Waals surface area contributed by atoms with Crippen molar-refractivity contribution in [1.82, 2.24) is 10.3 Å². The van der Waals surface area contributed by atoms with Crippen molar-refractivity contribution in [2.75, 3.05) is 5.32 Å². The molecule has 0 aliphatic rings. The summed E-state index contributed by atoms with van der Waals surface area (Å²) in [4.78, 5) is 16.0. The molecule has 3 aromatic rings. The van der Waals surface area contributed by atoms with E-state index >= 15 is 0 Å². The molecule has 1 unspecified atom stereocenters. The van der Waals surface area contributed by atoms with Crippen molar-refractivity contribution in [1.29, 1.82) is 0 Å². The van der Waals surface area contributed by atoms with Gasteiger partial charge >= 0.3 is 0 Å². The van der Waals surface area contributed by atoms with E-state index in [9.17, 15) is 9.18 Å². The fourth-order valence-corrected chi connectivity index (χ4v) is 2.55. The summed E-state index contributed by atoms with van der Waals surface area (Å²) in [5.41, 5.74) is 3.44. The summed E-state index contributed by atoms with van der Waals surface area (Å²) in [5.74, 6) is -0.395. The third kappa shape index (κ3) is 4.74. The number of anilines is 1. The smallest absolute Gasteiger partial charge is 0.255 e. The highest BCUT2D eigenvalue weighted by Gasteiger charge is 2.08. The lowest BCUT2D eigenvalue weighted by atomic mass is 10.1. The second-order valence-electron chi connectivity index (χ2n) is 6.04. The van der Waals surface area contributed by atoms with E-state index < -0.39 is 0 Å². The number of amides is 1. The molecule has 1 heterocycles. The molecule has 0 fully saturated rings. The fraction of sp³-hybridized carbons (Fsp3) is 0.143. The molecule has 3 rings (SSSR count). The average Bonchev–Trinajstić information content (AvgIpc) is 2.68. The van der Waals surface area contributed by atoms with E-state index in [1.54, 1.807) is 36.7 Å². The quantitative estimate of drug-likeness (QED) is 0.697. The van der Waals surface area contributed by atoms with E-state index in [1.807, 2.05) is 24.3 Å². The molecule has 2 N–H and O–H groups in total. The molecule has 0 bridgehead atoms. The zero-order valence-corrected chi connectivity index (χ0v) is 14.4. The first kappa shape index (κ1) is 17.8. The molecule has 0 aliphatic heterocycles. The van der Waals surface area contributed by atoms with Crippen LogP contribution in [0.1, 0.15) is 34.5 Å². The molecule has 0 spiro atoms. The van der Waals surface area contributed by atoms with Crippen LogP contribution in [-0.4, -0.2) is 10.9 Å². The number of rotatable bonds is 6. The van der Waals surface area contributed by atoms with Crippen molar-refractivity contribution in [3.63, 3.8) is 0 Å². The highest BCUT2D eigenvalue weighted by Crippen LogP contribution is 2.17. The number of hydrogen-bond donors (Lipinski definition) is 2. The number of hydrogen-bond acceptors (Lipinski definition) is 3. The van der Waals surface area contributed by atoms with E-state index in [1.165, 1.54) is 12.1 Å². The number of carbonyl (C=O) groups excluding carboxylic acids is 1. The van der Waals surface area contributed by atoms with Crippen LogP contribution >= 0.6 is 0 Å². The van der Waals surface area contributed by atoms with Crippen molar-refractivity contribution in [2.45, 2.75) is 19.5 Å². The fourth-order valence-electron chi connectivity index (χ4n) is 2.55. The number of pyridine rings is 1. The van der Waals surface area contributed by atoms with Crippen LogP contribution in [0.4, 0.5) is 10.1 Å². The molecule has 5 heteroatoms. The second kappa shape index (κ2) is 8.36. The summed E-state index contributed by atoms with van der Waals surface area (Å²) in [6, 6.07) is 17.6. The number of nitrogens with zero attached hydrogens (tertiary/aromatic N) is 1. The Kier molecular flexibility index (Phi) is 5.71. The van der Waals surface area contributed by atoms with Crippen LogP contribution in [0.3, 0.4) is 0 Å². The Hall–Kier alpha value is -3.05. The van der Waals surface area contributed by atoms with Crippen molar-refractivity contribution < 1.29 is 9.18 Å². The third-order valence-corrected chi connectivity index (χ3v) is 4.14. The van der Waals surface area contributed by atoms with E-state index in [0.29, 0.717) is 12.1 Å². The van der Waals surface area contributed by atoms with Crippen LogP contribution in [0.5, 0.6) is 0 Å². The minimum Gasteiger partial charge on any atom is -0.322 e. The van der Waals surface area contributed by atoms with Gasteiger partial charge in [-0.2, -0.15) is 0 Å². The first-order valence-electron chi connectivity index (χ1n) is 8.41. The van der Waals surface area contributed by atoms with E-state index in [4.69, 9.17) is 0 Å². The van der Waals surface area contributed by atoms with Gasteiger partial charge in [-0.05, 0) is 54.4 Å². The Bertz CT molecular complexity index is 849. The molecule has 0 saturated carbocycles. The van der Waals surface area contributed by atoms with Crippen LogP contribution < -0.4 is 10.6 Å². The van der Waals surface area contributed by atoms with Gasteiger partial charge in [-0.3, -0.25) is 9.78 Å². The maximum absolute atomic E-state index is 12.9. The minimum absolute atomic E-state index is 0.130. The Morgan fingerprint density at radius 2 is 1.65 bits per heavy atom. The van der Waals surface area contributed by atoms with Gasteiger partial charge in [0.1, 0.15) is 5.82 Å². The van der Waals surface area contributed by atoms with Crippen molar-refractivity contribution >= 4 is 11.6 Å². The van der Waals surface area contributed by atoms with Gasteiger partial charge in [-0.1, -0.05) is 24.3 Å². The largest absolute Gasteiger partial charge is 0.322 e. The first-order chi connectivity index (χ1) is 12.6. The zero-order chi connectivity index (χ0) is 18.4. The molecule has 1 amide bonds. The van der Waals surface area contributed by atoms with Crippen molar-refractivity contribution in [3.8, 4) is 0 Å². The molecule has 0 radical (unpaired) electrons. The lowest BCUT2D eigenvalue weighted by molar-refractivity contribution is 0.102. The lowest BCUT2D eigenvalue weighted by Crippen LogP contribution is -2.18. The van der Waals surface area contributed by atoms with Gasteiger partial charge < -0.3 is 10.6 Å². The molecule has 1 atom stereocenters. The predicted molar refractivity (Wildman–Crippen MR) is 100 cm³/mol. The van der Waals surface area contributed by atoms with Gasteiger partial charge in [0, 0.05) is 36.2 Å². The second-order valence-corrected chi connectivity index (χ2v) is 6.04. The van der Waals surface area contributed by atoms with Crippen LogP contribution in [0.15, 0.2) is 73.1 Å². The van der Waals surface area contributed by atoms with E-state index in [-0.39, 0.29) is 17.8 Å². The van der Waals surface area contributed by atoms with Gasteiger partial charge in [0.25, 0.3) is 5.91 Å². The minimum atomic E-state index is -0.230. The Morgan fingerprint density at radius 3 is 2.31 bits per heavy atom. The van der Waals surface area contributed by atoms with Gasteiger partial charge in [0.2, 0.25) is 0 Å². The average molecular weight is 349 g/mol. The number of halogens is 1. The summed E-state index contributed by atoms with van der Waals surface area (Å²) >= 11 is 0. The first-order valence-corrected chi connectivity index (χ1v) is 8.41. The normalized spacial score (nSPS) is 11.8. The van der Waals surface area contributed by atoms with Gasteiger partial charge in [0.15, 0.2) is 0 Å². The van der Waals surface area contributed by atoms with Crippen molar-refractivity contribution in [3.05, 3.63) is 95.6 Å². The molecule has 132 valence electrons. The SMILES string of the molecule is CC(NCc1ccc(F)cc1)c1ccc(NC(=O)c2ccncc2)cc1. The van der Waals surface area contributed by atoms with Crippen LogP contribution in [0.2, 0.25) is 0 Å². The van der Waals surface area contributed by atoms with Crippen LogP contribution in [-0.2, 0) is 6.54 Å². The summed E-state index contributed by atoms with van der Waals surface area (Å²) < 4.78 is 12.9. The zero-order valence-electron chi connectivity index (χ0n) is 14.4. The number of benzene rings is 2. The standard InChI is InChI=1S/C21H20FN3O/c1-15(24-14-16-2-6-19(22)7-3-16)17-4-8-20(9-5-17)25-21(26)18-10-12-23-13-11-18/h2-13,15,24H,14H2,1H3,(H,25,26). The maximum atomic E-state index is 12.9. The predicted octanol–water partition coefficient (Wildman–Crippen LogP) is 4.32. The molecule has 2 aromatic carbocycles. The van der Waals surface area contributed by atoms with Gasteiger partial charge in [0.05, 0.1) is 0 Å². The maximum Gasteiger partial charge on any atom is 0.255 e. The highest BCUT2D eigenvalue weighted by atomic mass is 19.1. The molecule has 0 aliphatic carbocycles. The number of aromatic nitrogens is 1. The lowest BCUT2D eigenvalue weighted by Gasteiger charge is -2.15. The topological polar surface area (TPSA) is 54.0 Å². The Balaban J connectivity index is 1.56. The summed E-state index contributed by atoms with van der Waals surface area (Å²) in [6.45, 7) is 2.72. The number of nitrogens with one attached hydrogen (secondary N) is 2. The van der Waals surface area contributed by atoms with Crippen molar-refractivity contribution in [2.24, 2.45) is 0 Å². The molecule has 26 heavy (non-hydrogen) atoms. The van der Waals surface area contributed by atoms with Crippen LogP contribution in [0.25, 0.3) is 0 Å². The summed E-state index contributed by atoms with van der Waals surface area (Å²) in [5, 5.41) is 6.27. The highest BCUT2D eigenvalue weighted by molar-refractivity contribution is 6.04. The van der Waals surface area contributed by atoms with Gasteiger partial charge in [-0.25, -0.2) is 4.39 Å². The summed E-state index contributed by atoms with van der Waals surface area (Å²) in [6.07, 6.45) is 3.18. The Morgan fingerprint density at radius 1 is 1.00 bits per heavy atom. The Labute approximate surface area is 152 Å². The molecule has 0 saturated heterocycles. The summed E-state index contributed by atoms with van der Waals surface area (Å²) in [7, 11) is 0. The molecule has 4 nitrogen and oxygen atoms in total. The van der Waals surface area contributed by atoms with E-state index in [2.05, 4.69) is 22.5 Å².